The average Bonchev–Trinajstić information content (AvgIpc) is 3.33. The first kappa shape index (κ1) is 24.6. The molecule has 0 fully saturated rings. The Labute approximate surface area is 232 Å². The molecule has 1 aliphatic heterocycles. The number of halogens is 1. The van der Waals surface area contributed by atoms with Gasteiger partial charge < -0.3 is 0 Å². The highest BCUT2D eigenvalue weighted by atomic mass is 79.9. The summed E-state index contributed by atoms with van der Waals surface area (Å²) in [6.07, 6.45) is 3.84. The van der Waals surface area contributed by atoms with Crippen molar-refractivity contribution in [3.05, 3.63) is 162 Å². The summed E-state index contributed by atoms with van der Waals surface area (Å²) in [6.45, 7) is 0. The molecule has 1 aliphatic carbocycles. The number of hydrogen-bond acceptors (Lipinski definition) is 5. The van der Waals surface area contributed by atoms with Gasteiger partial charge in [-0.1, -0.05) is 113 Å². The molecule has 0 radical (unpaired) electrons. The molecule has 8 heteroatoms. The number of aliphatic imine (C=N–C) groups is 1. The van der Waals surface area contributed by atoms with E-state index in [4.69, 9.17) is 4.99 Å². The van der Waals surface area contributed by atoms with Crippen LogP contribution >= 0.6 is 15.9 Å². The molecule has 1 heterocycles. The zero-order valence-corrected chi connectivity index (χ0v) is 22.0. The van der Waals surface area contributed by atoms with Gasteiger partial charge in [-0.3, -0.25) is 25.2 Å². The molecule has 2 aliphatic rings. The molecule has 6 rings (SSSR count). The number of benzene rings is 4. The van der Waals surface area contributed by atoms with Crippen molar-refractivity contribution in [3.63, 3.8) is 0 Å². The normalized spacial score (nSPS) is 15.9. The van der Waals surface area contributed by atoms with Gasteiger partial charge in [0.05, 0.1) is 32.2 Å². The second-order valence-corrected chi connectivity index (χ2v) is 10.2. The number of rotatable bonds is 6. The summed E-state index contributed by atoms with van der Waals surface area (Å²) >= 11 is 3.66. The van der Waals surface area contributed by atoms with Crippen LogP contribution in [0.2, 0.25) is 0 Å². The predicted molar refractivity (Wildman–Crippen MR) is 155 cm³/mol. The van der Waals surface area contributed by atoms with Gasteiger partial charge in [0.25, 0.3) is 0 Å². The maximum absolute atomic E-state index is 12.2. The van der Waals surface area contributed by atoms with Gasteiger partial charge in [-0.05, 0) is 28.8 Å². The number of nitrogens with zero attached hydrogens (tertiary/aromatic N) is 3. The van der Waals surface area contributed by atoms with Gasteiger partial charge in [0, 0.05) is 22.0 Å². The van der Waals surface area contributed by atoms with E-state index in [1.165, 1.54) is 6.07 Å². The first-order valence-corrected chi connectivity index (χ1v) is 13.0. The molecule has 0 saturated heterocycles. The van der Waals surface area contributed by atoms with Crippen LogP contribution in [-0.2, 0) is 5.41 Å². The van der Waals surface area contributed by atoms with Crippen molar-refractivity contribution in [1.29, 1.82) is 0 Å². The number of nitro benzene ring substituents is 2. The molecule has 39 heavy (non-hydrogen) atoms. The Morgan fingerprint density at radius 3 is 1.69 bits per heavy atom. The van der Waals surface area contributed by atoms with Crippen LogP contribution in [0.15, 0.2) is 125 Å². The lowest BCUT2D eigenvalue weighted by molar-refractivity contribution is -0.422. The summed E-state index contributed by atoms with van der Waals surface area (Å²) in [4.78, 5) is 27.5. The molecule has 0 aromatic heterocycles. The predicted octanol–water partition coefficient (Wildman–Crippen LogP) is 7.92. The van der Waals surface area contributed by atoms with Gasteiger partial charge in [0.1, 0.15) is 0 Å². The molecule has 1 atom stereocenters. The van der Waals surface area contributed by atoms with Crippen molar-refractivity contribution in [2.24, 2.45) is 10.9 Å². The average molecular weight is 578 g/mol. The molecular weight excluding hydrogens is 558 g/mol. The fourth-order valence-electron chi connectivity index (χ4n) is 5.86. The Balaban J connectivity index is 1.68. The van der Waals surface area contributed by atoms with Crippen molar-refractivity contribution in [3.8, 4) is 0 Å². The summed E-state index contributed by atoms with van der Waals surface area (Å²) in [5.74, 6) is -0.412. The Morgan fingerprint density at radius 2 is 1.23 bits per heavy atom. The van der Waals surface area contributed by atoms with Crippen LogP contribution in [0.1, 0.15) is 22.3 Å². The third-order valence-corrected chi connectivity index (χ3v) is 7.85. The quantitative estimate of drug-likeness (QED) is 0.132. The van der Waals surface area contributed by atoms with Gasteiger partial charge in [0.2, 0.25) is 0 Å². The van der Waals surface area contributed by atoms with E-state index in [2.05, 4.69) is 58.4 Å². The van der Waals surface area contributed by atoms with E-state index >= 15 is 0 Å². The van der Waals surface area contributed by atoms with Crippen LogP contribution in [0, 0.1) is 26.1 Å². The van der Waals surface area contributed by atoms with E-state index in [1.54, 1.807) is 6.08 Å². The summed E-state index contributed by atoms with van der Waals surface area (Å²) in [5, 5.41) is 23.9. The first-order valence-electron chi connectivity index (χ1n) is 12.2. The number of nitro groups is 2. The van der Waals surface area contributed by atoms with Gasteiger partial charge >= 0.3 is 11.4 Å². The number of fused-ring (bicyclic) bond motifs is 3. The highest BCUT2D eigenvalue weighted by molar-refractivity contribution is 9.11. The standard InChI is InChI=1S/C31H20BrN3O4/c32-23-18-24-28-26(16-17-27(34(36)37)30(28)35(38)39)33-29(24)25(19-23)31(20-10-4-1-5-11-20,21-12-6-2-7-13-21)22-14-8-3-9-15-22/h1-19,25H. The van der Waals surface area contributed by atoms with Gasteiger partial charge in [-0.25, -0.2) is 0 Å². The molecule has 0 spiro atoms. The lowest BCUT2D eigenvalue weighted by Gasteiger charge is -2.43. The monoisotopic (exact) mass is 577 g/mol. The molecule has 4 aromatic rings. The Kier molecular flexibility index (Phi) is 6.04. The molecule has 0 bridgehead atoms. The molecule has 4 aromatic carbocycles. The van der Waals surface area contributed by atoms with Crippen LogP contribution in [0.4, 0.5) is 17.1 Å². The minimum atomic E-state index is -0.774. The van der Waals surface area contributed by atoms with E-state index in [9.17, 15) is 20.2 Å². The first-order chi connectivity index (χ1) is 18.9. The lowest BCUT2D eigenvalue weighted by Crippen LogP contribution is -2.42. The smallest absolute Gasteiger partial charge is 0.258 e. The highest BCUT2D eigenvalue weighted by Crippen LogP contribution is 2.55. The van der Waals surface area contributed by atoms with Crippen LogP contribution in [0.25, 0.3) is 5.57 Å². The van der Waals surface area contributed by atoms with E-state index in [-0.39, 0.29) is 5.56 Å². The van der Waals surface area contributed by atoms with Crippen LogP contribution in [0.5, 0.6) is 0 Å². The van der Waals surface area contributed by atoms with E-state index in [1.807, 2.05) is 54.6 Å². The lowest BCUT2D eigenvalue weighted by atomic mass is 9.59. The maximum atomic E-state index is 12.2. The molecule has 0 amide bonds. The second-order valence-electron chi connectivity index (χ2n) is 9.33. The van der Waals surface area contributed by atoms with Gasteiger partial charge in [0.15, 0.2) is 0 Å². The van der Waals surface area contributed by atoms with E-state index < -0.39 is 32.6 Å². The molecule has 0 saturated carbocycles. The maximum Gasteiger partial charge on any atom is 0.356 e. The topological polar surface area (TPSA) is 98.6 Å². The molecule has 7 nitrogen and oxygen atoms in total. The van der Waals surface area contributed by atoms with Crippen molar-refractivity contribution in [2.75, 3.05) is 0 Å². The van der Waals surface area contributed by atoms with Crippen molar-refractivity contribution in [1.82, 2.24) is 0 Å². The summed E-state index contributed by atoms with van der Waals surface area (Å²) in [5.41, 5.74) is 2.81. The van der Waals surface area contributed by atoms with Crippen LogP contribution in [0.3, 0.4) is 0 Å². The van der Waals surface area contributed by atoms with Gasteiger partial charge in [-0.2, -0.15) is 0 Å². The third kappa shape index (κ3) is 3.83. The van der Waals surface area contributed by atoms with E-state index in [0.717, 1.165) is 22.8 Å². The Morgan fingerprint density at radius 1 is 0.718 bits per heavy atom. The van der Waals surface area contributed by atoms with Crippen LogP contribution < -0.4 is 0 Å². The summed E-state index contributed by atoms with van der Waals surface area (Å²) in [7, 11) is 0. The molecular formula is C31H20BrN3O4. The number of allylic oxidation sites excluding steroid dienone is 4. The zero-order chi connectivity index (χ0) is 27.1. The molecule has 190 valence electrons. The highest BCUT2D eigenvalue weighted by Gasteiger charge is 2.49. The zero-order valence-electron chi connectivity index (χ0n) is 20.4. The SMILES string of the molecule is O=[N+]([O-])c1ccc2c(c1[N+](=O)[O-])C1=CC(Br)=CC(C(c3ccccc3)(c3ccccc3)c3ccccc3)C1=N2. The van der Waals surface area contributed by atoms with E-state index in [0.29, 0.717) is 21.5 Å². The largest absolute Gasteiger partial charge is 0.356 e. The molecule has 1 unspecified atom stereocenters. The Bertz CT molecular complexity index is 1620. The summed E-state index contributed by atoms with van der Waals surface area (Å²) < 4.78 is 0.710. The number of hydrogen-bond donors (Lipinski definition) is 0. The minimum absolute atomic E-state index is 0.169. The third-order valence-electron chi connectivity index (χ3n) is 7.36. The fourth-order valence-corrected chi connectivity index (χ4v) is 6.35. The van der Waals surface area contributed by atoms with Crippen molar-refractivity contribution >= 4 is 44.3 Å². The van der Waals surface area contributed by atoms with Crippen molar-refractivity contribution < 1.29 is 9.85 Å². The fraction of sp³-hybridized carbons (Fsp3) is 0.0645. The Hall–Kier alpha value is -4.69. The molecule has 0 N–H and O–H groups in total. The summed E-state index contributed by atoms with van der Waals surface area (Å²) in [6, 6.07) is 33.0. The van der Waals surface area contributed by atoms with Crippen LogP contribution in [-0.4, -0.2) is 15.6 Å². The minimum Gasteiger partial charge on any atom is -0.258 e. The van der Waals surface area contributed by atoms with Crippen molar-refractivity contribution in [2.45, 2.75) is 5.41 Å². The van der Waals surface area contributed by atoms with Gasteiger partial charge in [-0.15, -0.1) is 0 Å². The second kappa shape index (κ2) is 9.56.